The van der Waals surface area contributed by atoms with Crippen LogP contribution in [0.3, 0.4) is 0 Å². The van der Waals surface area contributed by atoms with E-state index < -0.39 is 70.1 Å². The van der Waals surface area contributed by atoms with Gasteiger partial charge in [0.15, 0.2) is 6.17 Å². The summed E-state index contributed by atoms with van der Waals surface area (Å²) in [5.74, 6) is -30.0. The van der Waals surface area contributed by atoms with E-state index in [2.05, 4.69) is 8.85 Å². The lowest BCUT2D eigenvalue weighted by atomic mass is 9.88. The normalized spacial score (nSPS) is 17.9. The second kappa shape index (κ2) is 9.41. The summed E-state index contributed by atoms with van der Waals surface area (Å²) in [6.07, 6.45) is -14.8. The number of alkyl halides is 12. The van der Waals surface area contributed by atoms with Crippen LogP contribution in [0.1, 0.15) is 13.3 Å². The van der Waals surface area contributed by atoms with Gasteiger partial charge in [0.05, 0.1) is 0 Å². The molecule has 0 aliphatic heterocycles. The largest absolute Gasteiger partial charge is 0.400 e. The quantitative estimate of drug-likeness (QED) is 0.300. The molecule has 0 aromatic heterocycles. The number of halogens is 12. The van der Waals surface area contributed by atoms with Gasteiger partial charge in [-0.15, -0.1) is 0 Å². The van der Waals surface area contributed by atoms with Gasteiger partial charge in [0, 0.05) is 14.2 Å². The molecular formula is C13H18F12O2Si. The van der Waals surface area contributed by atoms with Gasteiger partial charge in [-0.2, -0.15) is 35.1 Å². The molecule has 0 spiro atoms. The molecule has 0 aliphatic carbocycles. The summed E-state index contributed by atoms with van der Waals surface area (Å²) in [6, 6.07) is -0.721. The van der Waals surface area contributed by atoms with Crippen LogP contribution in [0, 0.1) is 5.92 Å². The number of hydrogen-bond acceptors (Lipinski definition) is 2. The Kier molecular flexibility index (Phi) is 9.17. The molecule has 0 amide bonds. The summed E-state index contributed by atoms with van der Waals surface area (Å²) in [5.41, 5.74) is 0. The molecule has 170 valence electrons. The lowest BCUT2D eigenvalue weighted by molar-refractivity contribution is -0.389. The van der Waals surface area contributed by atoms with Gasteiger partial charge in [0.2, 0.25) is 6.17 Å². The van der Waals surface area contributed by atoms with E-state index in [1.807, 2.05) is 0 Å². The van der Waals surface area contributed by atoms with Gasteiger partial charge in [-0.1, -0.05) is 13.3 Å². The standard InChI is InChI=1S/C13H18F12O2Si/c1-4-6(5-28(26-2)27-3)7(14)10(18,19)12(22,23)13(24,25)11(20,21)8(15)9(16)17/h6-9,28H,4-5H2,1-3H3. The second-order valence-electron chi connectivity index (χ2n) is 5.84. The van der Waals surface area contributed by atoms with Crippen molar-refractivity contribution < 1.29 is 61.5 Å². The molecule has 0 aliphatic rings. The average Bonchev–Trinajstić information content (AvgIpc) is 2.60. The van der Waals surface area contributed by atoms with Crippen LogP contribution in [-0.4, -0.2) is 66.0 Å². The summed E-state index contributed by atoms with van der Waals surface area (Å²) >= 11 is 0. The van der Waals surface area contributed by atoms with E-state index in [9.17, 15) is 52.7 Å². The van der Waals surface area contributed by atoms with Gasteiger partial charge in [-0.3, -0.25) is 0 Å². The van der Waals surface area contributed by atoms with Crippen molar-refractivity contribution in [3.63, 3.8) is 0 Å². The molecule has 0 bridgehead atoms. The highest BCUT2D eigenvalue weighted by molar-refractivity contribution is 6.44. The highest BCUT2D eigenvalue weighted by Crippen LogP contribution is 2.57. The first-order valence-corrected chi connectivity index (χ1v) is 9.36. The van der Waals surface area contributed by atoms with Crippen molar-refractivity contribution in [2.24, 2.45) is 5.92 Å². The first-order valence-electron chi connectivity index (χ1n) is 7.60. The summed E-state index contributed by atoms with van der Waals surface area (Å²) in [6.45, 7) is 1.02. The van der Waals surface area contributed by atoms with Gasteiger partial charge in [-0.05, 0) is 12.0 Å². The maximum Gasteiger partial charge on any atom is 0.381 e. The summed E-state index contributed by atoms with van der Waals surface area (Å²) < 4.78 is 168. The zero-order valence-electron chi connectivity index (χ0n) is 14.7. The molecule has 3 unspecified atom stereocenters. The van der Waals surface area contributed by atoms with Crippen molar-refractivity contribution in [1.82, 2.24) is 0 Å². The third-order valence-corrected chi connectivity index (χ3v) is 6.15. The molecule has 0 N–H and O–H groups in total. The van der Waals surface area contributed by atoms with Crippen LogP contribution in [0.4, 0.5) is 52.7 Å². The summed E-state index contributed by atoms with van der Waals surface area (Å²) in [5, 5.41) is 0. The van der Waals surface area contributed by atoms with Crippen LogP contribution in [0.15, 0.2) is 0 Å². The molecule has 0 aromatic carbocycles. The molecule has 2 nitrogen and oxygen atoms in total. The molecule has 0 saturated heterocycles. The van der Waals surface area contributed by atoms with Gasteiger partial charge in [-0.25, -0.2) is 17.6 Å². The molecule has 0 radical (unpaired) electrons. The van der Waals surface area contributed by atoms with Gasteiger partial charge in [0.25, 0.3) is 6.43 Å². The second-order valence-corrected chi connectivity index (χ2v) is 8.11. The average molecular weight is 462 g/mol. The van der Waals surface area contributed by atoms with Crippen molar-refractivity contribution in [3.05, 3.63) is 0 Å². The highest BCUT2D eigenvalue weighted by Gasteiger charge is 2.84. The van der Waals surface area contributed by atoms with Crippen LogP contribution < -0.4 is 0 Å². The Labute approximate surface area is 154 Å². The topological polar surface area (TPSA) is 18.5 Å². The molecule has 3 atom stereocenters. The minimum absolute atomic E-state index is 0.631. The number of rotatable bonds is 12. The van der Waals surface area contributed by atoms with E-state index in [4.69, 9.17) is 0 Å². The van der Waals surface area contributed by atoms with Gasteiger partial charge < -0.3 is 8.85 Å². The molecule has 0 fully saturated rings. The lowest BCUT2D eigenvalue weighted by Crippen LogP contribution is -2.68. The Morgan fingerprint density at radius 2 is 1.07 bits per heavy atom. The predicted octanol–water partition coefficient (Wildman–Crippen LogP) is 5.01. The molecule has 15 heteroatoms. The fraction of sp³-hybridized carbons (Fsp3) is 1.00. The first kappa shape index (κ1) is 27.3. The zero-order valence-corrected chi connectivity index (χ0v) is 15.8. The van der Waals surface area contributed by atoms with Crippen LogP contribution in [0.5, 0.6) is 0 Å². The van der Waals surface area contributed by atoms with E-state index in [-0.39, 0.29) is 0 Å². The van der Waals surface area contributed by atoms with E-state index in [1.165, 1.54) is 0 Å². The monoisotopic (exact) mass is 462 g/mol. The van der Waals surface area contributed by atoms with Gasteiger partial charge >= 0.3 is 33.0 Å². The van der Waals surface area contributed by atoms with Crippen LogP contribution in [0.25, 0.3) is 0 Å². The van der Waals surface area contributed by atoms with Crippen molar-refractivity contribution >= 4 is 9.28 Å². The van der Waals surface area contributed by atoms with Gasteiger partial charge in [0.1, 0.15) is 0 Å². The third-order valence-electron chi connectivity index (χ3n) is 4.10. The predicted molar refractivity (Wildman–Crippen MR) is 75.3 cm³/mol. The van der Waals surface area contributed by atoms with E-state index >= 15 is 0 Å². The highest BCUT2D eigenvalue weighted by atomic mass is 28.3. The Hall–Kier alpha value is -0.703. The van der Waals surface area contributed by atoms with Crippen molar-refractivity contribution in [2.45, 2.75) is 61.8 Å². The zero-order chi connectivity index (χ0) is 22.7. The maximum absolute atomic E-state index is 14.1. The maximum atomic E-state index is 14.1. The Balaban J connectivity index is 6.00. The molecule has 0 saturated carbocycles. The van der Waals surface area contributed by atoms with Crippen molar-refractivity contribution in [1.29, 1.82) is 0 Å². The van der Waals surface area contributed by atoms with Crippen molar-refractivity contribution in [2.75, 3.05) is 14.2 Å². The Morgan fingerprint density at radius 3 is 1.36 bits per heavy atom. The number of hydrogen-bond donors (Lipinski definition) is 0. The lowest BCUT2D eigenvalue weighted by Gasteiger charge is -2.40. The van der Waals surface area contributed by atoms with Crippen LogP contribution in [-0.2, 0) is 8.85 Å². The fourth-order valence-corrected chi connectivity index (χ4v) is 3.89. The smallest absolute Gasteiger partial charge is 0.381 e. The van der Waals surface area contributed by atoms with E-state index in [0.29, 0.717) is 0 Å². The molecule has 0 heterocycles. The first-order chi connectivity index (χ1) is 12.5. The summed E-state index contributed by atoms with van der Waals surface area (Å²) in [4.78, 5) is 0. The van der Waals surface area contributed by atoms with Crippen molar-refractivity contribution in [3.8, 4) is 0 Å². The third kappa shape index (κ3) is 4.71. The summed E-state index contributed by atoms with van der Waals surface area (Å²) in [7, 11) is -0.825. The molecule has 0 rings (SSSR count). The Morgan fingerprint density at radius 1 is 0.714 bits per heavy atom. The van der Waals surface area contributed by atoms with E-state index in [1.54, 1.807) is 0 Å². The fourth-order valence-electron chi connectivity index (χ4n) is 2.25. The molecule has 0 aromatic rings. The Bertz CT molecular complexity index is 486. The molecule has 28 heavy (non-hydrogen) atoms. The van der Waals surface area contributed by atoms with E-state index in [0.717, 1.165) is 21.1 Å². The van der Waals surface area contributed by atoms with Crippen LogP contribution in [0.2, 0.25) is 6.04 Å². The SMILES string of the molecule is CCC(C[SiH](OC)OC)C(F)C(F)(F)C(F)(F)C(F)(F)C(F)(F)C(F)C(F)F. The van der Waals surface area contributed by atoms with Crippen LogP contribution >= 0.6 is 0 Å². The minimum Gasteiger partial charge on any atom is -0.400 e. The molecular weight excluding hydrogens is 444 g/mol. The minimum atomic E-state index is -7.33.